The Labute approximate surface area is 147 Å². The van der Waals surface area contributed by atoms with Crippen molar-refractivity contribution in [1.82, 2.24) is 14.9 Å². The molecule has 1 aromatic heterocycles. The maximum atomic E-state index is 13.0. The van der Waals surface area contributed by atoms with E-state index in [-0.39, 0.29) is 12.0 Å². The van der Waals surface area contributed by atoms with Gasteiger partial charge in [-0.25, -0.2) is 4.98 Å². The highest BCUT2D eigenvalue weighted by atomic mass is 16.5. The molecule has 4 atom stereocenters. The molecule has 5 rings (SSSR count). The number of amides is 1. The topological polar surface area (TPSA) is 58.2 Å². The van der Waals surface area contributed by atoms with Crippen LogP contribution in [0, 0.1) is 12.8 Å². The van der Waals surface area contributed by atoms with Crippen molar-refractivity contribution < 1.29 is 9.53 Å². The summed E-state index contributed by atoms with van der Waals surface area (Å²) < 4.78 is 5.89. The number of piperidine rings is 1. The van der Waals surface area contributed by atoms with Crippen LogP contribution in [0.5, 0.6) is 0 Å². The van der Waals surface area contributed by atoms with Gasteiger partial charge in [0.25, 0.3) is 0 Å². The van der Waals surface area contributed by atoms with E-state index < -0.39 is 0 Å². The second kappa shape index (κ2) is 5.84. The largest absolute Gasteiger partial charge is 0.374 e. The number of hydrogen-bond donors (Lipinski definition) is 1. The van der Waals surface area contributed by atoms with Crippen LogP contribution in [0.3, 0.4) is 0 Å². The van der Waals surface area contributed by atoms with Gasteiger partial charge in [0.05, 0.1) is 29.2 Å². The van der Waals surface area contributed by atoms with E-state index in [1.165, 1.54) is 5.56 Å². The number of carbonyl (C=O) groups excluding carboxylic acids is 1. The second-order valence-electron chi connectivity index (χ2n) is 7.98. The molecule has 1 amide bonds. The molecule has 2 bridgehead atoms. The van der Waals surface area contributed by atoms with Crippen molar-refractivity contribution >= 4 is 16.9 Å². The normalized spacial score (nSPS) is 31.8. The number of rotatable bonds is 2. The molecule has 4 heterocycles. The number of nitrogens with one attached hydrogen (secondary N) is 1. The Hall–Kier alpha value is -1.88. The maximum Gasteiger partial charge on any atom is 0.228 e. The van der Waals surface area contributed by atoms with Crippen molar-refractivity contribution in [3.8, 4) is 0 Å². The first-order chi connectivity index (χ1) is 12.2. The zero-order chi connectivity index (χ0) is 17.0. The molecule has 25 heavy (non-hydrogen) atoms. The summed E-state index contributed by atoms with van der Waals surface area (Å²) in [5.41, 5.74) is 3.35. The molecule has 1 aromatic carbocycles. The lowest BCUT2D eigenvalue weighted by atomic mass is 9.87. The third kappa shape index (κ3) is 2.65. The minimum absolute atomic E-state index is 0.0934. The minimum Gasteiger partial charge on any atom is -0.374 e. The zero-order valence-corrected chi connectivity index (χ0v) is 14.7. The average Bonchev–Trinajstić information content (AvgIpc) is 3.35. The van der Waals surface area contributed by atoms with E-state index in [1.54, 1.807) is 0 Å². The van der Waals surface area contributed by atoms with E-state index >= 15 is 0 Å². The summed E-state index contributed by atoms with van der Waals surface area (Å²) in [7, 11) is 0. The van der Waals surface area contributed by atoms with Gasteiger partial charge in [-0.1, -0.05) is 6.07 Å². The molecule has 0 aliphatic carbocycles. The van der Waals surface area contributed by atoms with Crippen LogP contribution >= 0.6 is 0 Å². The first-order valence-electron chi connectivity index (χ1n) is 9.58. The summed E-state index contributed by atoms with van der Waals surface area (Å²) in [6.45, 7) is 3.76. The number of carbonyl (C=O) groups is 1. The Morgan fingerprint density at radius 2 is 2.24 bits per heavy atom. The first-order valence-corrected chi connectivity index (χ1v) is 9.58. The Morgan fingerprint density at radius 1 is 1.32 bits per heavy atom. The summed E-state index contributed by atoms with van der Waals surface area (Å²) in [6.07, 6.45) is 5.76. The van der Waals surface area contributed by atoms with E-state index in [9.17, 15) is 4.79 Å². The highest BCUT2D eigenvalue weighted by Gasteiger charge is 2.46. The van der Waals surface area contributed by atoms with Gasteiger partial charge in [-0.3, -0.25) is 4.79 Å². The van der Waals surface area contributed by atoms with Gasteiger partial charge in [0.2, 0.25) is 5.91 Å². The Balaban J connectivity index is 1.34. The summed E-state index contributed by atoms with van der Waals surface area (Å²) in [4.78, 5) is 23.3. The SMILES string of the molecule is Cc1ccc2nc([C@H]3CCCN(C(=O)[C@@H]4C[C@H]5CC[C@H]4O5)C3)[nH]c2c1. The fourth-order valence-electron chi connectivity index (χ4n) is 4.87. The van der Waals surface area contributed by atoms with Crippen molar-refractivity contribution in [2.45, 2.75) is 57.2 Å². The number of nitrogens with zero attached hydrogens (tertiary/aromatic N) is 2. The van der Waals surface area contributed by atoms with E-state index in [0.717, 1.165) is 62.1 Å². The van der Waals surface area contributed by atoms with Gasteiger partial charge in [-0.15, -0.1) is 0 Å². The summed E-state index contributed by atoms with van der Waals surface area (Å²) in [5, 5.41) is 0. The molecule has 132 valence electrons. The van der Waals surface area contributed by atoms with Crippen molar-refractivity contribution in [3.05, 3.63) is 29.6 Å². The van der Waals surface area contributed by atoms with E-state index in [0.29, 0.717) is 17.9 Å². The average molecular weight is 339 g/mol. The van der Waals surface area contributed by atoms with Crippen molar-refractivity contribution in [1.29, 1.82) is 0 Å². The number of aryl methyl sites for hydroxylation is 1. The van der Waals surface area contributed by atoms with Crippen LogP contribution in [0.4, 0.5) is 0 Å². The van der Waals surface area contributed by atoms with Gasteiger partial charge in [-0.2, -0.15) is 0 Å². The number of H-pyrrole nitrogens is 1. The molecule has 3 aliphatic heterocycles. The fourth-order valence-corrected chi connectivity index (χ4v) is 4.87. The monoisotopic (exact) mass is 339 g/mol. The number of imidazole rings is 1. The standard InChI is InChI=1S/C20H25N3O2/c1-12-4-6-16-17(9-12)22-19(21-16)13-3-2-8-23(11-13)20(24)15-10-14-5-7-18(15)25-14/h4,6,9,13-15,18H,2-3,5,7-8,10-11H2,1H3,(H,21,22)/t13-,14+,15+,18+/m0/s1. The van der Waals surface area contributed by atoms with Crippen molar-refractivity contribution in [3.63, 3.8) is 0 Å². The van der Waals surface area contributed by atoms with Gasteiger partial charge < -0.3 is 14.6 Å². The molecule has 1 N–H and O–H groups in total. The van der Waals surface area contributed by atoms with Crippen LogP contribution in [0.1, 0.15) is 49.4 Å². The molecule has 2 aromatic rings. The highest BCUT2D eigenvalue weighted by Crippen LogP contribution is 2.40. The summed E-state index contributed by atoms with van der Waals surface area (Å²) in [5.74, 6) is 1.74. The minimum atomic E-state index is 0.0934. The molecule has 3 aliphatic rings. The number of ether oxygens (including phenoxy) is 1. The maximum absolute atomic E-state index is 13.0. The van der Waals surface area contributed by atoms with Crippen LogP contribution in [0.2, 0.25) is 0 Å². The van der Waals surface area contributed by atoms with Crippen LogP contribution in [0.15, 0.2) is 18.2 Å². The van der Waals surface area contributed by atoms with Crippen LogP contribution in [0.25, 0.3) is 11.0 Å². The van der Waals surface area contributed by atoms with Crippen molar-refractivity contribution in [2.24, 2.45) is 5.92 Å². The van der Waals surface area contributed by atoms with Crippen LogP contribution < -0.4 is 0 Å². The van der Waals surface area contributed by atoms with E-state index in [1.807, 2.05) is 0 Å². The molecular formula is C20H25N3O2. The summed E-state index contributed by atoms with van der Waals surface area (Å²) in [6, 6.07) is 6.31. The predicted molar refractivity (Wildman–Crippen MR) is 95.4 cm³/mol. The second-order valence-corrected chi connectivity index (χ2v) is 7.98. The number of fused-ring (bicyclic) bond motifs is 3. The fraction of sp³-hybridized carbons (Fsp3) is 0.600. The van der Waals surface area contributed by atoms with Gasteiger partial charge >= 0.3 is 0 Å². The predicted octanol–water partition coefficient (Wildman–Crippen LogP) is 3.14. The third-order valence-corrected chi connectivity index (χ3v) is 6.20. The van der Waals surface area contributed by atoms with Gasteiger partial charge in [-0.05, 0) is 56.7 Å². The van der Waals surface area contributed by atoms with Gasteiger partial charge in [0.15, 0.2) is 0 Å². The number of hydrogen-bond acceptors (Lipinski definition) is 3. The molecule has 3 saturated heterocycles. The van der Waals surface area contributed by atoms with Crippen molar-refractivity contribution in [2.75, 3.05) is 13.1 Å². The molecule has 5 heteroatoms. The molecular weight excluding hydrogens is 314 g/mol. The number of aromatic amines is 1. The number of benzene rings is 1. The zero-order valence-electron chi connectivity index (χ0n) is 14.7. The van der Waals surface area contributed by atoms with Gasteiger partial charge in [0.1, 0.15) is 5.82 Å². The van der Waals surface area contributed by atoms with E-state index in [4.69, 9.17) is 9.72 Å². The number of likely N-dealkylation sites (tertiary alicyclic amines) is 1. The Morgan fingerprint density at radius 3 is 3.04 bits per heavy atom. The number of aromatic nitrogens is 2. The molecule has 5 nitrogen and oxygen atoms in total. The molecule has 0 spiro atoms. The lowest BCUT2D eigenvalue weighted by Gasteiger charge is -2.34. The molecule has 0 unspecified atom stereocenters. The third-order valence-electron chi connectivity index (χ3n) is 6.20. The lowest BCUT2D eigenvalue weighted by Crippen LogP contribution is -2.44. The quantitative estimate of drug-likeness (QED) is 0.914. The summed E-state index contributed by atoms with van der Waals surface area (Å²) >= 11 is 0. The highest BCUT2D eigenvalue weighted by molar-refractivity contribution is 5.80. The Bertz CT molecular complexity index is 814. The smallest absolute Gasteiger partial charge is 0.228 e. The van der Waals surface area contributed by atoms with E-state index in [2.05, 4.69) is 35.0 Å². The van der Waals surface area contributed by atoms with Crippen LogP contribution in [-0.2, 0) is 9.53 Å². The van der Waals surface area contributed by atoms with Crippen LogP contribution in [-0.4, -0.2) is 46.1 Å². The molecule has 0 radical (unpaired) electrons. The molecule has 0 saturated carbocycles. The molecule has 3 fully saturated rings. The first kappa shape index (κ1) is 15.4. The Kier molecular flexibility index (Phi) is 3.59. The lowest BCUT2D eigenvalue weighted by molar-refractivity contribution is -0.138. The van der Waals surface area contributed by atoms with Gasteiger partial charge in [0, 0.05) is 19.0 Å².